The Morgan fingerprint density at radius 1 is 1.09 bits per heavy atom. The number of rotatable bonds is 3. The minimum Gasteiger partial charge on any atom is -0.436 e. The van der Waals surface area contributed by atoms with Crippen molar-refractivity contribution in [2.24, 2.45) is 0 Å². The van der Waals surface area contributed by atoms with Gasteiger partial charge in [0, 0.05) is 5.56 Å². The van der Waals surface area contributed by atoms with Crippen LogP contribution in [0.15, 0.2) is 53.5 Å². The van der Waals surface area contributed by atoms with E-state index in [-0.39, 0.29) is 5.82 Å². The average Bonchev–Trinajstić information content (AvgIpc) is 2.89. The van der Waals surface area contributed by atoms with Crippen LogP contribution in [0, 0.1) is 5.82 Å². The smallest absolute Gasteiger partial charge is 0.227 e. The fraction of sp³-hybridized carbons (Fsp3) is 0.167. The molecule has 0 aliphatic heterocycles. The van der Waals surface area contributed by atoms with E-state index in [4.69, 9.17) is 4.42 Å². The third kappa shape index (κ3) is 2.74. The molecule has 1 aromatic heterocycles. The van der Waals surface area contributed by atoms with E-state index in [0.717, 1.165) is 22.2 Å². The van der Waals surface area contributed by atoms with Gasteiger partial charge in [-0.25, -0.2) is 9.37 Å². The van der Waals surface area contributed by atoms with E-state index in [1.54, 1.807) is 12.1 Å². The number of fused-ring (bicyclic) bond motifs is 1. The molecule has 0 spiro atoms. The molecule has 0 aliphatic carbocycles. The van der Waals surface area contributed by atoms with Crippen LogP contribution in [-0.2, 0) is 0 Å². The molecule has 0 atom stereocenters. The minimum atomic E-state index is -1.45. The number of halogens is 1. The maximum Gasteiger partial charge on any atom is 0.227 e. The van der Waals surface area contributed by atoms with E-state index in [2.05, 4.69) is 31.2 Å². The van der Waals surface area contributed by atoms with Gasteiger partial charge in [0.1, 0.15) is 11.3 Å². The molecule has 0 unspecified atom stereocenters. The zero-order chi connectivity index (χ0) is 15.9. The van der Waals surface area contributed by atoms with Gasteiger partial charge >= 0.3 is 0 Å². The molecular weight excluding hydrogens is 293 g/mol. The molecule has 0 radical (unpaired) electrons. The maximum absolute atomic E-state index is 13.0. The predicted molar refractivity (Wildman–Crippen MR) is 91.8 cm³/mol. The molecule has 112 valence electrons. The molecular formula is C18H18FNOSi. The van der Waals surface area contributed by atoms with E-state index in [1.165, 1.54) is 17.3 Å². The first kappa shape index (κ1) is 14.7. The Morgan fingerprint density at radius 3 is 2.41 bits per heavy atom. The van der Waals surface area contributed by atoms with Crippen LogP contribution in [0.5, 0.6) is 0 Å². The lowest BCUT2D eigenvalue weighted by atomic mass is 10.2. The van der Waals surface area contributed by atoms with Gasteiger partial charge in [0.15, 0.2) is 5.58 Å². The Hall–Kier alpha value is -2.20. The monoisotopic (exact) mass is 311 g/mol. The van der Waals surface area contributed by atoms with E-state index >= 15 is 0 Å². The van der Waals surface area contributed by atoms with Crippen LogP contribution in [0.4, 0.5) is 4.39 Å². The average molecular weight is 311 g/mol. The van der Waals surface area contributed by atoms with Crippen LogP contribution in [0.3, 0.4) is 0 Å². The van der Waals surface area contributed by atoms with Crippen molar-refractivity contribution in [3.63, 3.8) is 0 Å². The summed E-state index contributed by atoms with van der Waals surface area (Å²) in [6.45, 7) is 11.0. The summed E-state index contributed by atoms with van der Waals surface area (Å²) in [4.78, 5) is 4.47. The molecule has 0 amide bonds. The molecule has 4 heteroatoms. The Labute approximate surface area is 130 Å². The normalized spacial score (nSPS) is 11.8. The van der Waals surface area contributed by atoms with Gasteiger partial charge in [-0.2, -0.15) is 0 Å². The zero-order valence-electron chi connectivity index (χ0n) is 13.0. The highest BCUT2D eigenvalue weighted by Gasteiger charge is 2.20. The lowest BCUT2D eigenvalue weighted by Crippen LogP contribution is -2.21. The molecule has 0 fully saturated rings. The van der Waals surface area contributed by atoms with Crippen LogP contribution in [0.25, 0.3) is 27.8 Å². The molecule has 0 N–H and O–H groups in total. The van der Waals surface area contributed by atoms with Crippen molar-refractivity contribution < 1.29 is 8.81 Å². The Balaban J connectivity index is 2.04. The molecule has 0 saturated heterocycles. The number of aromatic nitrogens is 1. The molecule has 0 saturated carbocycles. The van der Waals surface area contributed by atoms with Gasteiger partial charge in [-0.1, -0.05) is 37.5 Å². The summed E-state index contributed by atoms with van der Waals surface area (Å²) in [7, 11) is -1.45. The van der Waals surface area contributed by atoms with Crippen LogP contribution < -0.4 is 0 Å². The summed E-state index contributed by atoms with van der Waals surface area (Å²) < 4.78 is 18.8. The van der Waals surface area contributed by atoms with Crippen molar-refractivity contribution in [1.82, 2.24) is 4.98 Å². The number of hydrogen-bond donors (Lipinski definition) is 0. The summed E-state index contributed by atoms with van der Waals surface area (Å²) in [5, 5.41) is 1.19. The van der Waals surface area contributed by atoms with Crippen molar-refractivity contribution >= 4 is 24.4 Å². The summed E-state index contributed by atoms with van der Waals surface area (Å²) >= 11 is 0. The number of nitrogens with zero attached hydrogens (tertiary/aromatic N) is 1. The molecule has 0 aliphatic rings. The first-order valence-electron chi connectivity index (χ1n) is 7.21. The lowest BCUT2D eigenvalue weighted by molar-refractivity contribution is 0.616. The third-order valence-corrected chi connectivity index (χ3v) is 5.83. The van der Waals surface area contributed by atoms with Gasteiger partial charge in [0.2, 0.25) is 5.89 Å². The van der Waals surface area contributed by atoms with Gasteiger partial charge in [-0.15, -0.1) is 0 Å². The first-order chi connectivity index (χ1) is 10.3. The van der Waals surface area contributed by atoms with Gasteiger partial charge < -0.3 is 4.42 Å². The summed E-state index contributed by atoms with van der Waals surface area (Å²) in [6, 6.07) is 12.1. The fourth-order valence-corrected chi connectivity index (χ4v) is 3.28. The Bertz CT molecular complexity index is 844. The topological polar surface area (TPSA) is 26.0 Å². The number of hydrogen-bond acceptors (Lipinski definition) is 2. The quantitative estimate of drug-likeness (QED) is 0.595. The molecule has 3 rings (SSSR count). The van der Waals surface area contributed by atoms with Crippen LogP contribution in [0.1, 0.15) is 5.56 Å². The first-order valence-corrected chi connectivity index (χ1v) is 10.7. The van der Waals surface area contributed by atoms with Gasteiger partial charge in [-0.3, -0.25) is 0 Å². The van der Waals surface area contributed by atoms with Crippen LogP contribution in [-0.4, -0.2) is 13.1 Å². The summed E-state index contributed by atoms with van der Waals surface area (Å²) in [5.41, 5.74) is 3.40. The van der Waals surface area contributed by atoms with E-state index in [0.29, 0.717) is 5.89 Å². The molecule has 1 heterocycles. The highest BCUT2D eigenvalue weighted by Crippen LogP contribution is 2.29. The second kappa shape index (κ2) is 5.21. The van der Waals surface area contributed by atoms with E-state index in [9.17, 15) is 4.39 Å². The van der Waals surface area contributed by atoms with Gasteiger partial charge in [-0.05, 0) is 42.0 Å². The molecule has 2 nitrogen and oxygen atoms in total. The zero-order valence-corrected chi connectivity index (χ0v) is 14.0. The largest absolute Gasteiger partial charge is 0.436 e. The standard InChI is InChI=1S/C18H18FNOSi/c1-12(22(2,3)4)14-7-10-16-17(11-14)21-18(20-16)13-5-8-15(19)9-6-13/h5-11H,1H2,2-4H3. The molecule has 2 aromatic carbocycles. The highest BCUT2D eigenvalue weighted by atomic mass is 28.3. The third-order valence-electron chi connectivity index (χ3n) is 3.73. The number of benzene rings is 2. The van der Waals surface area contributed by atoms with Crippen molar-refractivity contribution in [3.8, 4) is 11.5 Å². The second-order valence-electron chi connectivity index (χ2n) is 6.44. The van der Waals surface area contributed by atoms with Crippen molar-refractivity contribution in [3.05, 3.63) is 60.4 Å². The Kier molecular flexibility index (Phi) is 3.49. The molecule has 0 bridgehead atoms. The van der Waals surface area contributed by atoms with E-state index < -0.39 is 8.07 Å². The minimum absolute atomic E-state index is 0.270. The van der Waals surface area contributed by atoms with Gasteiger partial charge in [0.05, 0.1) is 8.07 Å². The fourth-order valence-electron chi connectivity index (χ4n) is 2.26. The van der Waals surface area contributed by atoms with Crippen LogP contribution >= 0.6 is 0 Å². The number of oxazole rings is 1. The second-order valence-corrected chi connectivity index (χ2v) is 11.5. The van der Waals surface area contributed by atoms with Gasteiger partial charge in [0.25, 0.3) is 0 Å². The van der Waals surface area contributed by atoms with Crippen molar-refractivity contribution in [2.75, 3.05) is 0 Å². The van der Waals surface area contributed by atoms with Crippen molar-refractivity contribution in [2.45, 2.75) is 19.6 Å². The molecule has 3 aromatic rings. The molecule has 22 heavy (non-hydrogen) atoms. The summed E-state index contributed by atoms with van der Waals surface area (Å²) in [6.07, 6.45) is 0. The lowest BCUT2D eigenvalue weighted by Gasteiger charge is -2.19. The highest BCUT2D eigenvalue weighted by molar-refractivity contribution is 6.93. The SMILES string of the molecule is C=C(c1ccc2nc(-c3ccc(F)cc3)oc2c1)[Si](C)(C)C. The van der Waals surface area contributed by atoms with E-state index in [1.807, 2.05) is 18.2 Å². The Morgan fingerprint density at radius 2 is 1.77 bits per heavy atom. The predicted octanol–water partition coefficient (Wildman–Crippen LogP) is 5.52. The maximum atomic E-state index is 13.0. The van der Waals surface area contributed by atoms with Crippen molar-refractivity contribution in [1.29, 1.82) is 0 Å². The summed E-state index contributed by atoms with van der Waals surface area (Å²) in [5.74, 6) is 0.236. The van der Waals surface area contributed by atoms with Crippen LogP contribution in [0.2, 0.25) is 19.6 Å².